The fourth-order valence-electron chi connectivity index (χ4n) is 1.19. The molecule has 0 aromatic heterocycles. The second-order valence-electron chi connectivity index (χ2n) is 2.82. The summed E-state index contributed by atoms with van der Waals surface area (Å²) in [4.78, 5) is 0. The van der Waals surface area contributed by atoms with Crippen molar-refractivity contribution in [1.82, 2.24) is 0 Å². The van der Waals surface area contributed by atoms with E-state index in [2.05, 4.69) is 12.6 Å². The molecule has 1 N–H and O–H groups in total. The van der Waals surface area contributed by atoms with E-state index >= 15 is 0 Å². The van der Waals surface area contributed by atoms with E-state index in [-0.39, 0.29) is 6.61 Å². The molecular formula is C11H14O2S. The third kappa shape index (κ3) is 2.79. The van der Waals surface area contributed by atoms with Gasteiger partial charge in [0, 0.05) is 11.3 Å². The summed E-state index contributed by atoms with van der Waals surface area (Å²) in [6.07, 6.45) is 3.87. The van der Waals surface area contributed by atoms with Crippen molar-refractivity contribution < 1.29 is 9.84 Å². The summed E-state index contributed by atoms with van der Waals surface area (Å²) in [6.45, 7) is 0.0473. The Labute approximate surface area is 89.6 Å². The molecule has 0 saturated heterocycles. The fourth-order valence-corrected chi connectivity index (χ4v) is 1.30. The lowest BCUT2D eigenvalue weighted by molar-refractivity contribution is 0.281. The van der Waals surface area contributed by atoms with Gasteiger partial charge in [0.05, 0.1) is 13.7 Å². The second kappa shape index (κ2) is 5.73. The third-order valence-electron chi connectivity index (χ3n) is 1.88. The molecular weight excluding hydrogens is 196 g/mol. The van der Waals surface area contributed by atoms with Crippen LogP contribution in [0.1, 0.15) is 11.1 Å². The van der Waals surface area contributed by atoms with E-state index in [0.29, 0.717) is 5.75 Å². The number of aliphatic hydroxyl groups is 1. The summed E-state index contributed by atoms with van der Waals surface area (Å²) in [5.41, 5.74) is 1.85. The molecule has 0 spiro atoms. The van der Waals surface area contributed by atoms with Crippen molar-refractivity contribution in [2.75, 3.05) is 12.9 Å². The molecule has 1 aromatic carbocycles. The molecule has 0 heterocycles. The van der Waals surface area contributed by atoms with Gasteiger partial charge in [-0.15, -0.1) is 0 Å². The van der Waals surface area contributed by atoms with E-state index in [0.717, 1.165) is 16.9 Å². The van der Waals surface area contributed by atoms with Crippen LogP contribution in [0.15, 0.2) is 24.3 Å². The Balaban J connectivity index is 3.02. The molecule has 0 saturated carbocycles. The monoisotopic (exact) mass is 210 g/mol. The maximum atomic E-state index is 8.97. The first-order valence-corrected chi connectivity index (χ1v) is 5.00. The fraction of sp³-hybridized carbons (Fsp3) is 0.273. The lowest BCUT2D eigenvalue weighted by Crippen LogP contribution is -1.90. The lowest BCUT2D eigenvalue weighted by Gasteiger charge is -2.06. The highest BCUT2D eigenvalue weighted by Gasteiger charge is 2.00. The molecule has 2 nitrogen and oxygen atoms in total. The van der Waals surface area contributed by atoms with Crippen LogP contribution in [0.4, 0.5) is 0 Å². The molecule has 0 bridgehead atoms. The minimum Gasteiger partial charge on any atom is -0.496 e. The Morgan fingerprint density at radius 2 is 2.29 bits per heavy atom. The van der Waals surface area contributed by atoms with Crippen LogP contribution in [0.3, 0.4) is 0 Å². The highest BCUT2D eigenvalue weighted by atomic mass is 32.1. The Morgan fingerprint density at radius 1 is 1.50 bits per heavy atom. The van der Waals surface area contributed by atoms with Crippen molar-refractivity contribution in [1.29, 1.82) is 0 Å². The minimum atomic E-state index is 0.0473. The number of hydrogen-bond acceptors (Lipinski definition) is 3. The Hall–Kier alpha value is -0.930. The summed E-state index contributed by atoms with van der Waals surface area (Å²) in [6, 6.07) is 5.60. The maximum Gasteiger partial charge on any atom is 0.126 e. The molecule has 0 fully saturated rings. The van der Waals surface area contributed by atoms with Gasteiger partial charge >= 0.3 is 0 Å². The van der Waals surface area contributed by atoms with E-state index < -0.39 is 0 Å². The van der Waals surface area contributed by atoms with Crippen molar-refractivity contribution in [3.05, 3.63) is 35.4 Å². The number of hydrogen-bond donors (Lipinski definition) is 2. The first kappa shape index (κ1) is 11.1. The van der Waals surface area contributed by atoms with Gasteiger partial charge < -0.3 is 9.84 Å². The van der Waals surface area contributed by atoms with Crippen LogP contribution >= 0.6 is 12.6 Å². The van der Waals surface area contributed by atoms with Crippen LogP contribution in [0.5, 0.6) is 5.75 Å². The van der Waals surface area contributed by atoms with Gasteiger partial charge in [0.15, 0.2) is 0 Å². The predicted octanol–water partition coefficient (Wildman–Crippen LogP) is 2.13. The molecule has 0 unspecified atom stereocenters. The van der Waals surface area contributed by atoms with Crippen molar-refractivity contribution in [3.63, 3.8) is 0 Å². The molecule has 1 rings (SSSR count). The van der Waals surface area contributed by atoms with Gasteiger partial charge in [0.25, 0.3) is 0 Å². The average Bonchev–Trinajstić information content (AvgIpc) is 2.25. The van der Waals surface area contributed by atoms with Crippen LogP contribution in [-0.4, -0.2) is 18.0 Å². The average molecular weight is 210 g/mol. The topological polar surface area (TPSA) is 29.5 Å². The van der Waals surface area contributed by atoms with Gasteiger partial charge in [-0.05, 0) is 17.7 Å². The predicted molar refractivity (Wildman–Crippen MR) is 61.8 cm³/mol. The minimum absolute atomic E-state index is 0.0473. The smallest absolute Gasteiger partial charge is 0.126 e. The SMILES string of the molecule is COc1ccc(CO)cc1C=CCS. The Bertz CT molecular complexity index is 321. The number of thiol groups is 1. The van der Waals surface area contributed by atoms with Crippen LogP contribution in [0.2, 0.25) is 0 Å². The van der Waals surface area contributed by atoms with E-state index in [1.165, 1.54) is 0 Å². The number of methoxy groups -OCH3 is 1. The van der Waals surface area contributed by atoms with Crippen molar-refractivity contribution >= 4 is 18.7 Å². The standard InChI is InChI=1S/C11H14O2S/c1-13-11-5-4-9(8-12)7-10(11)3-2-6-14/h2-5,7,12,14H,6,8H2,1H3. The Morgan fingerprint density at radius 3 is 2.86 bits per heavy atom. The van der Waals surface area contributed by atoms with Gasteiger partial charge in [-0.25, -0.2) is 0 Å². The zero-order valence-electron chi connectivity index (χ0n) is 8.10. The molecule has 14 heavy (non-hydrogen) atoms. The van der Waals surface area contributed by atoms with Crippen LogP contribution in [-0.2, 0) is 6.61 Å². The molecule has 0 aliphatic rings. The molecule has 3 heteroatoms. The first-order chi connectivity index (χ1) is 6.81. The number of ether oxygens (including phenoxy) is 1. The van der Waals surface area contributed by atoms with E-state index in [9.17, 15) is 0 Å². The van der Waals surface area contributed by atoms with Gasteiger partial charge in [0.2, 0.25) is 0 Å². The van der Waals surface area contributed by atoms with E-state index in [1.54, 1.807) is 7.11 Å². The van der Waals surface area contributed by atoms with Gasteiger partial charge in [-0.3, -0.25) is 0 Å². The molecule has 0 aliphatic heterocycles. The number of rotatable bonds is 4. The molecule has 76 valence electrons. The number of benzene rings is 1. The zero-order valence-corrected chi connectivity index (χ0v) is 9.00. The third-order valence-corrected chi connectivity index (χ3v) is 2.09. The van der Waals surface area contributed by atoms with Crippen molar-refractivity contribution in [2.45, 2.75) is 6.61 Å². The summed E-state index contributed by atoms with van der Waals surface area (Å²) in [5.74, 6) is 1.49. The highest BCUT2D eigenvalue weighted by molar-refractivity contribution is 7.80. The summed E-state index contributed by atoms with van der Waals surface area (Å²) < 4.78 is 5.18. The molecule has 0 atom stereocenters. The lowest BCUT2D eigenvalue weighted by atomic mass is 10.1. The van der Waals surface area contributed by atoms with Gasteiger partial charge in [-0.2, -0.15) is 12.6 Å². The maximum absolute atomic E-state index is 8.97. The van der Waals surface area contributed by atoms with E-state index in [4.69, 9.17) is 9.84 Å². The molecule has 0 radical (unpaired) electrons. The largest absolute Gasteiger partial charge is 0.496 e. The highest BCUT2D eigenvalue weighted by Crippen LogP contribution is 2.21. The first-order valence-electron chi connectivity index (χ1n) is 4.37. The Kier molecular flexibility index (Phi) is 4.56. The second-order valence-corrected chi connectivity index (χ2v) is 3.18. The molecule has 0 aliphatic carbocycles. The zero-order chi connectivity index (χ0) is 10.4. The van der Waals surface area contributed by atoms with Gasteiger partial charge in [-0.1, -0.05) is 18.2 Å². The van der Waals surface area contributed by atoms with Crippen LogP contribution in [0, 0.1) is 0 Å². The normalized spacial score (nSPS) is 10.8. The summed E-state index contributed by atoms with van der Waals surface area (Å²) >= 11 is 4.09. The van der Waals surface area contributed by atoms with E-state index in [1.807, 2.05) is 30.4 Å². The molecule has 1 aromatic rings. The molecule has 0 amide bonds. The summed E-state index contributed by atoms with van der Waals surface area (Å²) in [5, 5.41) is 8.97. The number of aliphatic hydroxyl groups excluding tert-OH is 1. The van der Waals surface area contributed by atoms with Crippen molar-refractivity contribution in [2.24, 2.45) is 0 Å². The van der Waals surface area contributed by atoms with Crippen LogP contribution in [0.25, 0.3) is 6.08 Å². The quantitative estimate of drug-likeness (QED) is 0.746. The van der Waals surface area contributed by atoms with Crippen LogP contribution < -0.4 is 4.74 Å². The van der Waals surface area contributed by atoms with Crippen molar-refractivity contribution in [3.8, 4) is 5.75 Å². The summed E-state index contributed by atoms with van der Waals surface area (Å²) in [7, 11) is 1.63. The van der Waals surface area contributed by atoms with Gasteiger partial charge in [0.1, 0.15) is 5.75 Å².